The van der Waals surface area contributed by atoms with Crippen LogP contribution in [0.5, 0.6) is 0 Å². The molecule has 0 atom stereocenters. The highest BCUT2D eigenvalue weighted by atomic mass is 19.1. The first-order chi connectivity index (χ1) is 12.9. The Morgan fingerprint density at radius 1 is 0.423 bits per heavy atom. The van der Waals surface area contributed by atoms with Crippen molar-refractivity contribution in [3.63, 3.8) is 0 Å². The van der Waals surface area contributed by atoms with Gasteiger partial charge in [-0.1, -0.05) is 142 Å². The van der Waals surface area contributed by atoms with Crippen molar-refractivity contribution in [1.29, 1.82) is 0 Å². The third-order valence-corrected chi connectivity index (χ3v) is 5.55. The first kappa shape index (κ1) is 25.9. The van der Waals surface area contributed by atoms with Gasteiger partial charge in [0.1, 0.15) is 0 Å². The molecule has 1 radical (unpaired) electrons. The van der Waals surface area contributed by atoms with E-state index in [0.717, 1.165) is 12.8 Å². The Balaban J connectivity index is 2.95. The maximum Gasteiger partial charge on any atom is 0.0894 e. The van der Waals surface area contributed by atoms with E-state index in [1.165, 1.54) is 128 Å². The Morgan fingerprint density at radius 2 is 0.731 bits per heavy atom. The molecule has 0 N–H and O–H groups in total. The molecule has 0 saturated heterocycles. The summed E-state index contributed by atoms with van der Waals surface area (Å²) in [6.07, 6.45) is 32.4. The third kappa shape index (κ3) is 23.9. The molecule has 0 rings (SSSR count). The van der Waals surface area contributed by atoms with Crippen LogP contribution in [0, 0.1) is 6.42 Å². The molecular formula is C25H50F. The second-order valence-electron chi connectivity index (χ2n) is 8.27. The summed E-state index contributed by atoms with van der Waals surface area (Å²) in [4.78, 5) is 0. The molecule has 0 aliphatic rings. The SMILES string of the molecule is CCCCCCCCCCCCCCCCC[CH]CCCCCCCF. The second-order valence-corrected chi connectivity index (χ2v) is 8.27. The summed E-state index contributed by atoms with van der Waals surface area (Å²) in [5.41, 5.74) is 0. The van der Waals surface area contributed by atoms with E-state index in [0.29, 0.717) is 0 Å². The van der Waals surface area contributed by atoms with E-state index in [1.54, 1.807) is 0 Å². The standard InChI is InChI=1S/C25H50F/c1-2-3-4-5-6-7-8-9-10-11-12-13-14-15-16-17-18-19-20-21-22-23-24-25-26/h18H,2-17,19-25H2,1H3. The largest absolute Gasteiger partial charge is 0.251 e. The van der Waals surface area contributed by atoms with Crippen molar-refractivity contribution < 1.29 is 4.39 Å². The Bertz CT molecular complexity index is 202. The highest BCUT2D eigenvalue weighted by Crippen LogP contribution is 2.15. The lowest BCUT2D eigenvalue weighted by molar-refractivity contribution is 0.451. The fourth-order valence-corrected chi connectivity index (χ4v) is 3.72. The normalized spacial score (nSPS) is 11.3. The molecule has 0 amide bonds. The summed E-state index contributed by atoms with van der Waals surface area (Å²) >= 11 is 0. The van der Waals surface area contributed by atoms with Gasteiger partial charge in [-0.25, -0.2) is 0 Å². The summed E-state index contributed by atoms with van der Waals surface area (Å²) in [7, 11) is 0. The van der Waals surface area contributed by atoms with Gasteiger partial charge >= 0.3 is 0 Å². The molecule has 0 spiro atoms. The van der Waals surface area contributed by atoms with Gasteiger partial charge in [-0.3, -0.25) is 4.39 Å². The van der Waals surface area contributed by atoms with Crippen molar-refractivity contribution in [2.24, 2.45) is 0 Å². The Morgan fingerprint density at radius 3 is 1.08 bits per heavy atom. The Kier molecular flexibility index (Phi) is 24.9. The van der Waals surface area contributed by atoms with E-state index in [-0.39, 0.29) is 6.67 Å². The van der Waals surface area contributed by atoms with Crippen LogP contribution < -0.4 is 0 Å². The Labute approximate surface area is 166 Å². The molecule has 0 aromatic rings. The number of alkyl halides is 1. The molecule has 0 aromatic heterocycles. The smallest absolute Gasteiger partial charge is 0.0894 e. The molecule has 0 aliphatic carbocycles. The average Bonchev–Trinajstić information content (AvgIpc) is 2.66. The number of rotatable bonds is 23. The molecule has 1 heteroatoms. The van der Waals surface area contributed by atoms with Gasteiger partial charge in [0, 0.05) is 0 Å². The van der Waals surface area contributed by atoms with Crippen LogP contribution in [0.15, 0.2) is 0 Å². The zero-order valence-corrected chi connectivity index (χ0v) is 18.2. The van der Waals surface area contributed by atoms with Gasteiger partial charge in [0.25, 0.3) is 0 Å². The van der Waals surface area contributed by atoms with E-state index in [4.69, 9.17) is 0 Å². The minimum absolute atomic E-state index is 0.134. The summed E-state index contributed by atoms with van der Waals surface area (Å²) in [5.74, 6) is 0. The van der Waals surface area contributed by atoms with Crippen LogP contribution in [-0.2, 0) is 0 Å². The van der Waals surface area contributed by atoms with E-state index in [1.807, 2.05) is 0 Å². The van der Waals surface area contributed by atoms with E-state index in [9.17, 15) is 4.39 Å². The van der Waals surface area contributed by atoms with Crippen molar-refractivity contribution >= 4 is 0 Å². The predicted molar refractivity (Wildman–Crippen MR) is 118 cm³/mol. The number of unbranched alkanes of at least 4 members (excludes halogenated alkanes) is 22. The van der Waals surface area contributed by atoms with Crippen molar-refractivity contribution in [3.8, 4) is 0 Å². The van der Waals surface area contributed by atoms with E-state index < -0.39 is 0 Å². The van der Waals surface area contributed by atoms with E-state index >= 15 is 0 Å². The number of hydrogen-bond acceptors (Lipinski definition) is 0. The van der Waals surface area contributed by atoms with Crippen LogP contribution in [0.2, 0.25) is 0 Å². The van der Waals surface area contributed by atoms with Gasteiger partial charge in [-0.15, -0.1) is 0 Å². The maximum absolute atomic E-state index is 11.9. The average molecular weight is 370 g/mol. The quantitative estimate of drug-likeness (QED) is 0.157. The molecule has 0 aliphatic heterocycles. The van der Waals surface area contributed by atoms with Crippen molar-refractivity contribution in [2.75, 3.05) is 6.67 Å². The van der Waals surface area contributed by atoms with Crippen molar-refractivity contribution in [1.82, 2.24) is 0 Å². The third-order valence-electron chi connectivity index (χ3n) is 5.55. The van der Waals surface area contributed by atoms with Crippen LogP contribution >= 0.6 is 0 Å². The first-order valence-electron chi connectivity index (χ1n) is 12.3. The topological polar surface area (TPSA) is 0 Å². The van der Waals surface area contributed by atoms with Crippen molar-refractivity contribution in [2.45, 2.75) is 148 Å². The lowest BCUT2D eigenvalue weighted by Gasteiger charge is -2.04. The molecule has 0 heterocycles. The predicted octanol–water partition coefficient (Wildman–Crippen LogP) is 9.76. The molecule has 26 heavy (non-hydrogen) atoms. The summed E-state index contributed by atoms with van der Waals surface area (Å²) < 4.78 is 11.9. The van der Waals surface area contributed by atoms with Crippen LogP contribution in [0.1, 0.15) is 148 Å². The molecular weight excluding hydrogens is 319 g/mol. The van der Waals surface area contributed by atoms with Gasteiger partial charge in [0.05, 0.1) is 6.67 Å². The monoisotopic (exact) mass is 369 g/mol. The van der Waals surface area contributed by atoms with Crippen molar-refractivity contribution in [3.05, 3.63) is 6.42 Å². The molecule has 0 fully saturated rings. The van der Waals surface area contributed by atoms with Gasteiger partial charge in [0.15, 0.2) is 0 Å². The van der Waals surface area contributed by atoms with Gasteiger partial charge < -0.3 is 0 Å². The summed E-state index contributed by atoms with van der Waals surface area (Å²) in [6.45, 7) is 2.16. The highest BCUT2D eigenvalue weighted by Gasteiger charge is 1.95. The van der Waals surface area contributed by atoms with E-state index in [2.05, 4.69) is 13.3 Å². The molecule has 0 aromatic carbocycles. The number of hydrogen-bond donors (Lipinski definition) is 0. The molecule has 157 valence electrons. The molecule has 0 bridgehead atoms. The highest BCUT2D eigenvalue weighted by molar-refractivity contribution is 4.64. The summed E-state index contributed by atoms with van der Waals surface area (Å²) in [5, 5.41) is 0. The maximum atomic E-state index is 11.9. The zero-order chi connectivity index (χ0) is 19.0. The van der Waals surface area contributed by atoms with Gasteiger partial charge in [0.2, 0.25) is 0 Å². The molecule has 0 nitrogen and oxygen atoms in total. The van der Waals surface area contributed by atoms with Crippen LogP contribution in [0.25, 0.3) is 0 Å². The minimum Gasteiger partial charge on any atom is -0.251 e. The Hall–Kier alpha value is -0.0700. The van der Waals surface area contributed by atoms with Crippen LogP contribution in [0.4, 0.5) is 4.39 Å². The minimum atomic E-state index is -0.134. The number of halogens is 1. The fourth-order valence-electron chi connectivity index (χ4n) is 3.72. The molecule has 0 unspecified atom stereocenters. The lowest BCUT2D eigenvalue weighted by atomic mass is 10.0. The van der Waals surface area contributed by atoms with Crippen LogP contribution in [-0.4, -0.2) is 6.67 Å². The van der Waals surface area contributed by atoms with Crippen LogP contribution in [0.3, 0.4) is 0 Å². The first-order valence-corrected chi connectivity index (χ1v) is 12.3. The van der Waals surface area contributed by atoms with Gasteiger partial charge in [-0.05, 0) is 12.8 Å². The zero-order valence-electron chi connectivity index (χ0n) is 18.2. The fraction of sp³-hybridized carbons (Fsp3) is 0.960. The summed E-state index contributed by atoms with van der Waals surface area (Å²) in [6, 6.07) is 0. The lowest BCUT2D eigenvalue weighted by Crippen LogP contribution is -1.85. The second kappa shape index (κ2) is 24.9. The molecule has 0 saturated carbocycles. The van der Waals surface area contributed by atoms with Gasteiger partial charge in [-0.2, -0.15) is 0 Å².